The number of hydrogen-bond acceptors (Lipinski definition) is 3. The molecule has 1 saturated heterocycles. The number of carbonyl (C=O) groups excluding carboxylic acids is 1. The van der Waals surface area contributed by atoms with Crippen LogP contribution in [0, 0.1) is 0 Å². The Labute approximate surface area is 128 Å². The zero-order valence-corrected chi connectivity index (χ0v) is 13.4. The van der Waals surface area contributed by atoms with Crippen LogP contribution in [0.5, 0.6) is 0 Å². The molecule has 1 unspecified atom stereocenters. The van der Waals surface area contributed by atoms with Crippen LogP contribution in [-0.4, -0.2) is 62.0 Å². The third-order valence-corrected chi connectivity index (χ3v) is 4.17. The first-order valence-corrected chi connectivity index (χ1v) is 7.78. The summed E-state index contributed by atoms with van der Waals surface area (Å²) in [5.41, 5.74) is 1.20. The molecule has 1 heterocycles. The van der Waals surface area contributed by atoms with Gasteiger partial charge < -0.3 is 15.1 Å². The molecule has 1 aromatic carbocycles. The number of nitrogens with one attached hydrogen (secondary N) is 1. The molecule has 0 aromatic heterocycles. The highest BCUT2D eigenvalue weighted by atomic mass is 16.2. The molecule has 1 amide bonds. The molecule has 4 nitrogen and oxygen atoms in total. The van der Waals surface area contributed by atoms with E-state index in [-0.39, 0.29) is 11.9 Å². The monoisotopic (exact) mass is 289 g/mol. The predicted molar refractivity (Wildman–Crippen MR) is 86.3 cm³/mol. The molecule has 0 spiro atoms. The first-order chi connectivity index (χ1) is 10.1. The molecule has 0 radical (unpaired) electrons. The number of benzene rings is 1. The fourth-order valence-corrected chi connectivity index (χ4v) is 3.10. The van der Waals surface area contributed by atoms with Gasteiger partial charge in [-0.1, -0.05) is 30.3 Å². The fraction of sp³-hybridized carbons (Fsp3) is 0.588. The lowest BCUT2D eigenvalue weighted by Gasteiger charge is -2.30. The number of nitrogens with zero attached hydrogens (tertiary/aromatic N) is 2. The Morgan fingerprint density at radius 2 is 2.10 bits per heavy atom. The van der Waals surface area contributed by atoms with Gasteiger partial charge in [-0.25, -0.2) is 0 Å². The van der Waals surface area contributed by atoms with Crippen molar-refractivity contribution in [1.82, 2.24) is 15.1 Å². The number of rotatable bonds is 6. The minimum absolute atomic E-state index is 0.129. The van der Waals surface area contributed by atoms with Crippen molar-refractivity contribution in [2.75, 3.05) is 34.2 Å². The van der Waals surface area contributed by atoms with Gasteiger partial charge in [0.15, 0.2) is 0 Å². The topological polar surface area (TPSA) is 35.6 Å². The number of amides is 1. The summed E-state index contributed by atoms with van der Waals surface area (Å²) >= 11 is 0. The first-order valence-electron chi connectivity index (χ1n) is 7.78. The summed E-state index contributed by atoms with van der Waals surface area (Å²) in [6.45, 7) is 1.85. The van der Waals surface area contributed by atoms with Gasteiger partial charge in [-0.2, -0.15) is 0 Å². The zero-order chi connectivity index (χ0) is 15.2. The molecule has 1 fully saturated rings. The van der Waals surface area contributed by atoms with E-state index in [9.17, 15) is 4.79 Å². The van der Waals surface area contributed by atoms with E-state index in [2.05, 4.69) is 41.3 Å². The second-order valence-electron chi connectivity index (χ2n) is 6.12. The van der Waals surface area contributed by atoms with Crippen molar-refractivity contribution in [2.45, 2.75) is 31.3 Å². The van der Waals surface area contributed by atoms with Gasteiger partial charge in [0, 0.05) is 19.1 Å². The number of hydrogen-bond donors (Lipinski definition) is 1. The van der Waals surface area contributed by atoms with Gasteiger partial charge in [-0.15, -0.1) is 0 Å². The molecule has 0 bridgehead atoms. The van der Waals surface area contributed by atoms with E-state index in [4.69, 9.17) is 0 Å². The van der Waals surface area contributed by atoms with E-state index in [0.29, 0.717) is 6.04 Å². The molecular weight excluding hydrogens is 262 g/mol. The molecule has 0 aliphatic carbocycles. The lowest BCUT2D eigenvalue weighted by molar-refractivity contribution is -0.134. The highest BCUT2D eigenvalue weighted by molar-refractivity contribution is 5.82. The second kappa shape index (κ2) is 7.57. The summed E-state index contributed by atoms with van der Waals surface area (Å²) in [7, 11) is 6.02. The highest BCUT2D eigenvalue weighted by Crippen LogP contribution is 2.19. The molecule has 21 heavy (non-hydrogen) atoms. The molecular formula is C17H27N3O. The van der Waals surface area contributed by atoms with Crippen LogP contribution in [0.3, 0.4) is 0 Å². The van der Waals surface area contributed by atoms with Crippen LogP contribution in [0.15, 0.2) is 30.3 Å². The Morgan fingerprint density at radius 3 is 2.71 bits per heavy atom. The first kappa shape index (κ1) is 16.0. The fourth-order valence-electron chi connectivity index (χ4n) is 3.10. The molecule has 2 atom stereocenters. The van der Waals surface area contributed by atoms with Crippen LogP contribution < -0.4 is 5.32 Å². The Balaban J connectivity index is 2.02. The van der Waals surface area contributed by atoms with Crippen molar-refractivity contribution >= 4 is 5.91 Å². The van der Waals surface area contributed by atoms with Crippen LogP contribution in [0.25, 0.3) is 0 Å². The quantitative estimate of drug-likeness (QED) is 0.859. The molecule has 1 aliphatic heterocycles. The van der Waals surface area contributed by atoms with Gasteiger partial charge >= 0.3 is 0 Å². The summed E-state index contributed by atoms with van der Waals surface area (Å²) < 4.78 is 0. The van der Waals surface area contributed by atoms with E-state index in [1.165, 1.54) is 5.56 Å². The summed E-state index contributed by atoms with van der Waals surface area (Å²) in [5, 5.41) is 3.20. The number of carbonyl (C=O) groups is 1. The molecule has 116 valence electrons. The summed E-state index contributed by atoms with van der Waals surface area (Å²) in [6.07, 6.45) is 2.99. The minimum Gasteiger partial charge on any atom is -0.337 e. The molecule has 0 saturated carbocycles. The van der Waals surface area contributed by atoms with E-state index < -0.39 is 0 Å². The van der Waals surface area contributed by atoms with Gasteiger partial charge in [0.05, 0.1) is 6.04 Å². The van der Waals surface area contributed by atoms with E-state index >= 15 is 0 Å². The van der Waals surface area contributed by atoms with Gasteiger partial charge in [-0.05, 0) is 46.0 Å². The number of likely N-dealkylation sites (N-methyl/N-ethyl adjacent to an activating group) is 2. The predicted octanol–water partition coefficient (Wildman–Crippen LogP) is 1.37. The van der Waals surface area contributed by atoms with Gasteiger partial charge in [0.25, 0.3) is 0 Å². The lowest BCUT2D eigenvalue weighted by atomic mass is 10.0. The Kier molecular flexibility index (Phi) is 5.76. The van der Waals surface area contributed by atoms with Crippen molar-refractivity contribution in [2.24, 2.45) is 0 Å². The summed E-state index contributed by atoms with van der Waals surface area (Å²) in [5.74, 6) is 0.241. The molecule has 4 heteroatoms. The number of likely N-dealkylation sites (tertiary alicyclic amines) is 1. The standard InChI is InChI=1S/C17H27N3O/c1-18-16(12-14-8-5-4-6-9-14)17(21)20-11-7-10-15(20)13-19(2)3/h4-6,8-9,15-16,18H,7,10-13H2,1-3H3/t15-,16?/m0/s1. The van der Waals surface area contributed by atoms with E-state index in [0.717, 1.165) is 32.4 Å². The summed E-state index contributed by atoms with van der Waals surface area (Å²) in [6, 6.07) is 10.5. The highest BCUT2D eigenvalue weighted by Gasteiger charge is 2.32. The van der Waals surface area contributed by atoms with E-state index in [1.807, 2.05) is 25.2 Å². The third kappa shape index (κ3) is 4.29. The zero-order valence-electron chi connectivity index (χ0n) is 13.4. The maximum Gasteiger partial charge on any atom is 0.240 e. The normalized spacial score (nSPS) is 20.0. The van der Waals surface area contributed by atoms with Crippen molar-refractivity contribution in [3.05, 3.63) is 35.9 Å². The molecule has 1 aromatic rings. The van der Waals surface area contributed by atoms with Crippen LogP contribution >= 0.6 is 0 Å². The smallest absolute Gasteiger partial charge is 0.240 e. The molecule has 1 aliphatic rings. The van der Waals surface area contributed by atoms with Crippen LogP contribution in [-0.2, 0) is 11.2 Å². The van der Waals surface area contributed by atoms with Crippen LogP contribution in [0.4, 0.5) is 0 Å². The average Bonchev–Trinajstić information content (AvgIpc) is 2.92. The lowest BCUT2D eigenvalue weighted by Crippen LogP contribution is -2.50. The van der Waals surface area contributed by atoms with Gasteiger partial charge in [0.1, 0.15) is 0 Å². The minimum atomic E-state index is -0.129. The second-order valence-corrected chi connectivity index (χ2v) is 6.12. The maximum absolute atomic E-state index is 12.8. The van der Waals surface area contributed by atoms with Crippen molar-refractivity contribution in [3.63, 3.8) is 0 Å². The largest absolute Gasteiger partial charge is 0.337 e. The Hall–Kier alpha value is -1.39. The van der Waals surface area contributed by atoms with Crippen LogP contribution in [0.1, 0.15) is 18.4 Å². The van der Waals surface area contributed by atoms with Gasteiger partial charge in [-0.3, -0.25) is 4.79 Å². The molecule has 1 N–H and O–H groups in total. The SMILES string of the molecule is CNC(Cc1ccccc1)C(=O)N1CCC[C@H]1CN(C)C. The Bertz CT molecular complexity index is 447. The van der Waals surface area contributed by atoms with Crippen molar-refractivity contribution in [3.8, 4) is 0 Å². The Morgan fingerprint density at radius 1 is 1.38 bits per heavy atom. The van der Waals surface area contributed by atoms with Gasteiger partial charge in [0.2, 0.25) is 5.91 Å². The third-order valence-electron chi connectivity index (χ3n) is 4.17. The van der Waals surface area contributed by atoms with Crippen molar-refractivity contribution in [1.29, 1.82) is 0 Å². The maximum atomic E-state index is 12.8. The van der Waals surface area contributed by atoms with E-state index in [1.54, 1.807) is 0 Å². The van der Waals surface area contributed by atoms with Crippen LogP contribution in [0.2, 0.25) is 0 Å². The summed E-state index contributed by atoms with van der Waals surface area (Å²) in [4.78, 5) is 17.1. The van der Waals surface area contributed by atoms with Crippen molar-refractivity contribution < 1.29 is 4.79 Å². The average molecular weight is 289 g/mol. The molecule has 2 rings (SSSR count).